The van der Waals surface area contributed by atoms with Gasteiger partial charge >= 0.3 is 6.18 Å². The van der Waals surface area contributed by atoms with E-state index < -0.39 is 12.7 Å². The molecule has 0 radical (unpaired) electrons. The van der Waals surface area contributed by atoms with Crippen molar-refractivity contribution in [3.63, 3.8) is 0 Å². The number of rotatable bonds is 4. The van der Waals surface area contributed by atoms with Crippen molar-refractivity contribution in [2.75, 3.05) is 6.54 Å². The van der Waals surface area contributed by atoms with E-state index in [9.17, 15) is 13.2 Å². The lowest BCUT2D eigenvalue weighted by Gasteiger charge is -2.11. The van der Waals surface area contributed by atoms with Gasteiger partial charge in [-0.3, -0.25) is 0 Å². The van der Waals surface area contributed by atoms with Crippen molar-refractivity contribution in [1.29, 1.82) is 0 Å². The van der Waals surface area contributed by atoms with Crippen LogP contribution in [0.15, 0.2) is 6.33 Å². The van der Waals surface area contributed by atoms with E-state index in [0.717, 1.165) is 0 Å². The zero-order chi connectivity index (χ0) is 11.5. The molecule has 15 heavy (non-hydrogen) atoms. The Morgan fingerprint density at radius 1 is 1.47 bits per heavy atom. The third-order valence-electron chi connectivity index (χ3n) is 1.81. The lowest BCUT2D eigenvalue weighted by Crippen LogP contribution is -2.29. The summed E-state index contributed by atoms with van der Waals surface area (Å²) in [6, 6.07) is 0.141. The Labute approximate surface area is 85.5 Å². The third kappa shape index (κ3) is 3.86. The molecule has 0 saturated carbocycles. The molecular formula is C8H13F3N4. The predicted octanol–water partition coefficient (Wildman–Crippen LogP) is 1.51. The van der Waals surface area contributed by atoms with E-state index in [4.69, 9.17) is 0 Å². The summed E-state index contributed by atoms with van der Waals surface area (Å²) in [6.07, 6.45) is -2.68. The van der Waals surface area contributed by atoms with Crippen molar-refractivity contribution < 1.29 is 13.2 Å². The molecule has 0 aliphatic heterocycles. The third-order valence-corrected chi connectivity index (χ3v) is 1.81. The Morgan fingerprint density at radius 3 is 2.67 bits per heavy atom. The van der Waals surface area contributed by atoms with E-state index in [0.29, 0.717) is 5.82 Å². The van der Waals surface area contributed by atoms with E-state index in [1.54, 1.807) is 4.57 Å². The van der Waals surface area contributed by atoms with Crippen molar-refractivity contribution in [3.8, 4) is 0 Å². The lowest BCUT2D eigenvalue weighted by atomic mass is 10.4. The summed E-state index contributed by atoms with van der Waals surface area (Å²) < 4.78 is 37.2. The highest BCUT2D eigenvalue weighted by Crippen LogP contribution is 2.12. The zero-order valence-corrected chi connectivity index (χ0v) is 8.54. The molecular weight excluding hydrogens is 209 g/mol. The van der Waals surface area contributed by atoms with Crippen LogP contribution in [-0.4, -0.2) is 27.5 Å². The van der Waals surface area contributed by atoms with Gasteiger partial charge in [0, 0.05) is 6.04 Å². The van der Waals surface area contributed by atoms with Crippen molar-refractivity contribution >= 4 is 0 Å². The molecule has 0 aliphatic rings. The molecule has 0 bridgehead atoms. The molecule has 7 heteroatoms. The molecule has 1 aromatic heterocycles. The van der Waals surface area contributed by atoms with Crippen LogP contribution in [0.4, 0.5) is 13.2 Å². The van der Waals surface area contributed by atoms with Gasteiger partial charge in [0.25, 0.3) is 0 Å². The van der Waals surface area contributed by atoms with Gasteiger partial charge in [-0.25, -0.2) is 0 Å². The summed E-state index contributed by atoms with van der Waals surface area (Å²) >= 11 is 0. The Balaban J connectivity index is 2.47. The van der Waals surface area contributed by atoms with Crippen molar-refractivity contribution in [2.24, 2.45) is 0 Å². The van der Waals surface area contributed by atoms with Crippen molar-refractivity contribution in [1.82, 2.24) is 20.1 Å². The Bertz CT molecular complexity index is 305. The van der Waals surface area contributed by atoms with E-state index in [2.05, 4.69) is 15.5 Å². The fraction of sp³-hybridized carbons (Fsp3) is 0.750. The maximum Gasteiger partial charge on any atom is 0.401 e. The van der Waals surface area contributed by atoms with Gasteiger partial charge in [0.15, 0.2) is 0 Å². The molecule has 0 saturated heterocycles. The zero-order valence-electron chi connectivity index (χ0n) is 8.54. The van der Waals surface area contributed by atoms with E-state index in [1.807, 2.05) is 13.8 Å². The minimum absolute atomic E-state index is 0.0672. The fourth-order valence-corrected chi connectivity index (χ4v) is 1.14. The summed E-state index contributed by atoms with van der Waals surface area (Å²) in [4.78, 5) is 0. The number of halogens is 3. The van der Waals surface area contributed by atoms with Crippen LogP contribution in [0.25, 0.3) is 0 Å². The van der Waals surface area contributed by atoms with Crippen LogP contribution >= 0.6 is 0 Å². The van der Waals surface area contributed by atoms with Gasteiger partial charge in [-0.15, -0.1) is 10.2 Å². The molecule has 0 atom stereocenters. The molecule has 0 aromatic carbocycles. The molecule has 0 amide bonds. The molecule has 0 aliphatic carbocycles. The monoisotopic (exact) mass is 222 g/mol. The lowest BCUT2D eigenvalue weighted by molar-refractivity contribution is -0.125. The smallest absolute Gasteiger partial charge is 0.314 e. The Morgan fingerprint density at radius 2 is 2.13 bits per heavy atom. The number of nitrogens with zero attached hydrogens (tertiary/aromatic N) is 3. The fourth-order valence-electron chi connectivity index (χ4n) is 1.14. The highest BCUT2D eigenvalue weighted by Gasteiger charge is 2.26. The minimum atomic E-state index is -4.19. The second-order valence-electron chi connectivity index (χ2n) is 3.47. The van der Waals surface area contributed by atoms with Crippen LogP contribution in [0.1, 0.15) is 25.7 Å². The van der Waals surface area contributed by atoms with E-state index in [1.165, 1.54) is 6.33 Å². The first-order chi connectivity index (χ1) is 6.90. The molecule has 1 aromatic rings. The quantitative estimate of drug-likeness (QED) is 0.839. The average Bonchev–Trinajstić information content (AvgIpc) is 2.49. The number of hydrogen-bond acceptors (Lipinski definition) is 3. The first-order valence-electron chi connectivity index (χ1n) is 4.56. The maximum absolute atomic E-state index is 11.8. The molecule has 0 fully saturated rings. The predicted molar refractivity (Wildman–Crippen MR) is 48.2 cm³/mol. The second-order valence-corrected chi connectivity index (χ2v) is 3.47. The number of nitrogens with one attached hydrogen (secondary N) is 1. The molecule has 0 unspecified atom stereocenters. The maximum atomic E-state index is 11.8. The average molecular weight is 222 g/mol. The second kappa shape index (κ2) is 4.61. The van der Waals surface area contributed by atoms with Crippen LogP contribution in [0, 0.1) is 0 Å². The largest absolute Gasteiger partial charge is 0.401 e. The number of hydrogen-bond donors (Lipinski definition) is 1. The summed E-state index contributed by atoms with van der Waals surface area (Å²) in [7, 11) is 0. The molecule has 4 nitrogen and oxygen atoms in total. The number of aromatic nitrogens is 3. The van der Waals surface area contributed by atoms with E-state index >= 15 is 0 Å². The summed E-state index contributed by atoms with van der Waals surface area (Å²) in [6.45, 7) is 2.88. The Hall–Kier alpha value is -1.11. The van der Waals surface area contributed by atoms with Crippen LogP contribution in [0.2, 0.25) is 0 Å². The minimum Gasteiger partial charge on any atom is -0.314 e. The number of alkyl halides is 3. The first kappa shape index (κ1) is 12.0. The van der Waals surface area contributed by atoms with Crippen LogP contribution in [0.5, 0.6) is 0 Å². The van der Waals surface area contributed by atoms with Gasteiger partial charge in [-0.1, -0.05) is 0 Å². The molecule has 0 spiro atoms. The van der Waals surface area contributed by atoms with Gasteiger partial charge in [-0.05, 0) is 13.8 Å². The summed E-state index contributed by atoms with van der Waals surface area (Å²) in [5.41, 5.74) is 0. The Kier molecular flexibility index (Phi) is 3.67. The van der Waals surface area contributed by atoms with Gasteiger partial charge in [0.05, 0.1) is 13.1 Å². The molecule has 86 valence electrons. The van der Waals surface area contributed by atoms with Crippen molar-refractivity contribution in [2.45, 2.75) is 32.6 Å². The highest BCUT2D eigenvalue weighted by atomic mass is 19.4. The molecule has 1 N–H and O–H groups in total. The van der Waals surface area contributed by atoms with Crippen LogP contribution < -0.4 is 5.32 Å². The van der Waals surface area contributed by atoms with Gasteiger partial charge < -0.3 is 9.88 Å². The normalized spacial score (nSPS) is 12.4. The van der Waals surface area contributed by atoms with Crippen LogP contribution in [0.3, 0.4) is 0 Å². The first-order valence-corrected chi connectivity index (χ1v) is 4.56. The van der Waals surface area contributed by atoms with Gasteiger partial charge in [0.2, 0.25) is 0 Å². The SMILES string of the molecule is CC(C)n1cnnc1CNCC(F)(F)F. The summed E-state index contributed by atoms with van der Waals surface area (Å²) in [5.74, 6) is 0.509. The molecule has 1 rings (SSSR count). The van der Waals surface area contributed by atoms with Gasteiger partial charge in [0.1, 0.15) is 12.2 Å². The standard InChI is InChI=1S/C8H13F3N4/c1-6(2)15-5-13-14-7(15)3-12-4-8(9,10)11/h5-6,12H,3-4H2,1-2H3. The topological polar surface area (TPSA) is 42.7 Å². The van der Waals surface area contributed by atoms with Gasteiger partial charge in [-0.2, -0.15) is 13.2 Å². The highest BCUT2D eigenvalue weighted by molar-refractivity contribution is 4.87. The van der Waals surface area contributed by atoms with E-state index in [-0.39, 0.29) is 12.6 Å². The molecule has 1 heterocycles. The van der Waals surface area contributed by atoms with Crippen molar-refractivity contribution in [3.05, 3.63) is 12.2 Å². The van der Waals surface area contributed by atoms with Crippen LogP contribution in [-0.2, 0) is 6.54 Å². The summed E-state index contributed by atoms with van der Waals surface area (Å²) in [5, 5.41) is 9.66.